The van der Waals surface area contributed by atoms with Crippen LogP contribution in [0.2, 0.25) is 0 Å². The Kier molecular flexibility index (Phi) is 5.06. The number of thiazole rings is 1. The molecule has 0 saturated heterocycles. The van der Waals surface area contributed by atoms with Crippen molar-refractivity contribution in [1.82, 2.24) is 15.3 Å². The van der Waals surface area contributed by atoms with Crippen LogP contribution >= 0.6 is 27.3 Å². The lowest BCUT2D eigenvalue weighted by Gasteiger charge is -2.14. The predicted octanol–water partition coefficient (Wildman–Crippen LogP) is 4.77. The minimum absolute atomic E-state index is 0.0849. The van der Waals surface area contributed by atoms with Gasteiger partial charge >= 0.3 is 0 Å². The van der Waals surface area contributed by atoms with E-state index in [1.807, 2.05) is 50.2 Å². The Bertz CT molecular complexity index is 864. The van der Waals surface area contributed by atoms with E-state index >= 15 is 0 Å². The summed E-state index contributed by atoms with van der Waals surface area (Å²) in [5.74, 6) is -0.104. The fraction of sp³-hybridized carbons (Fsp3) is 0.167. The molecule has 1 N–H and O–H groups in total. The molecule has 1 atom stereocenters. The highest BCUT2D eigenvalue weighted by Gasteiger charge is 2.18. The van der Waals surface area contributed by atoms with E-state index in [4.69, 9.17) is 0 Å². The lowest BCUT2D eigenvalue weighted by atomic mass is 10.1. The number of hydrogen-bond donors (Lipinski definition) is 1. The van der Waals surface area contributed by atoms with Crippen LogP contribution < -0.4 is 5.32 Å². The van der Waals surface area contributed by atoms with Gasteiger partial charge in [-0.15, -0.1) is 11.3 Å². The SMILES string of the molecule is Cc1nc(-c2cccnc2)sc1C(=O)N[C@@H](C)c1cccc(Br)c1. The molecule has 1 aromatic carbocycles. The summed E-state index contributed by atoms with van der Waals surface area (Å²) in [6.07, 6.45) is 3.47. The highest BCUT2D eigenvalue weighted by Crippen LogP contribution is 2.28. The molecule has 4 nitrogen and oxygen atoms in total. The number of aryl methyl sites for hydroxylation is 1. The van der Waals surface area contributed by atoms with Crippen LogP contribution in [0.3, 0.4) is 0 Å². The second kappa shape index (κ2) is 7.23. The van der Waals surface area contributed by atoms with Crippen molar-refractivity contribution in [1.29, 1.82) is 0 Å². The Morgan fingerprint density at radius 2 is 2.12 bits per heavy atom. The minimum atomic E-state index is -0.104. The number of nitrogens with zero attached hydrogens (tertiary/aromatic N) is 2. The van der Waals surface area contributed by atoms with Gasteiger partial charge in [-0.2, -0.15) is 0 Å². The largest absolute Gasteiger partial charge is 0.345 e. The first kappa shape index (κ1) is 16.8. The third kappa shape index (κ3) is 3.71. The summed E-state index contributed by atoms with van der Waals surface area (Å²) in [4.78, 5) is 21.9. The first-order valence-electron chi connectivity index (χ1n) is 7.49. The molecule has 0 saturated carbocycles. The second-order valence-electron chi connectivity index (χ2n) is 5.43. The van der Waals surface area contributed by atoms with E-state index in [1.54, 1.807) is 12.4 Å². The smallest absolute Gasteiger partial charge is 0.263 e. The molecule has 2 heterocycles. The van der Waals surface area contributed by atoms with E-state index in [-0.39, 0.29) is 11.9 Å². The predicted molar refractivity (Wildman–Crippen MR) is 100 cm³/mol. The topological polar surface area (TPSA) is 54.9 Å². The summed E-state index contributed by atoms with van der Waals surface area (Å²) < 4.78 is 0.994. The fourth-order valence-electron chi connectivity index (χ4n) is 2.34. The monoisotopic (exact) mass is 401 g/mol. The number of halogens is 1. The van der Waals surface area contributed by atoms with Crippen molar-refractivity contribution in [2.24, 2.45) is 0 Å². The van der Waals surface area contributed by atoms with Crippen LogP contribution in [0.1, 0.15) is 33.9 Å². The number of carbonyl (C=O) groups is 1. The zero-order chi connectivity index (χ0) is 17.1. The average molecular weight is 402 g/mol. The second-order valence-corrected chi connectivity index (χ2v) is 7.34. The summed E-state index contributed by atoms with van der Waals surface area (Å²) >= 11 is 4.84. The molecular weight excluding hydrogens is 386 g/mol. The Morgan fingerprint density at radius 1 is 1.29 bits per heavy atom. The normalized spacial score (nSPS) is 12.0. The minimum Gasteiger partial charge on any atom is -0.345 e. The van der Waals surface area contributed by atoms with Gasteiger partial charge in [0.15, 0.2) is 0 Å². The Morgan fingerprint density at radius 3 is 2.83 bits per heavy atom. The van der Waals surface area contributed by atoms with Gasteiger partial charge in [-0.25, -0.2) is 4.98 Å². The first-order valence-corrected chi connectivity index (χ1v) is 9.09. The summed E-state index contributed by atoms with van der Waals surface area (Å²) in [7, 11) is 0. The summed E-state index contributed by atoms with van der Waals surface area (Å²) in [5, 5.41) is 3.85. The maximum atomic E-state index is 12.6. The molecule has 0 bridgehead atoms. The molecule has 0 radical (unpaired) electrons. The molecule has 0 aliphatic carbocycles. The van der Waals surface area contributed by atoms with Gasteiger partial charge < -0.3 is 5.32 Å². The van der Waals surface area contributed by atoms with Gasteiger partial charge in [0.1, 0.15) is 9.88 Å². The molecule has 0 fully saturated rings. The number of amides is 1. The van der Waals surface area contributed by atoms with Gasteiger partial charge in [0, 0.05) is 22.4 Å². The lowest BCUT2D eigenvalue weighted by Crippen LogP contribution is -2.26. The van der Waals surface area contributed by atoms with Crippen molar-refractivity contribution in [3.05, 3.63) is 69.4 Å². The number of pyridine rings is 1. The number of carbonyl (C=O) groups excluding carboxylic acids is 1. The number of rotatable bonds is 4. The molecule has 0 spiro atoms. The van der Waals surface area contributed by atoms with Crippen LogP contribution in [0.25, 0.3) is 10.6 Å². The van der Waals surface area contributed by atoms with Crippen molar-refractivity contribution in [2.45, 2.75) is 19.9 Å². The van der Waals surface area contributed by atoms with Crippen molar-refractivity contribution in [3.63, 3.8) is 0 Å². The molecule has 0 unspecified atom stereocenters. The molecule has 24 heavy (non-hydrogen) atoms. The molecule has 3 aromatic rings. The third-order valence-corrected chi connectivity index (χ3v) is 5.31. The van der Waals surface area contributed by atoms with Crippen molar-refractivity contribution < 1.29 is 4.79 Å². The molecule has 1 amide bonds. The zero-order valence-corrected chi connectivity index (χ0v) is 15.7. The maximum Gasteiger partial charge on any atom is 0.263 e. The maximum absolute atomic E-state index is 12.6. The quantitative estimate of drug-likeness (QED) is 0.684. The van der Waals surface area contributed by atoms with Crippen LogP contribution in [0.5, 0.6) is 0 Å². The summed E-state index contributed by atoms with van der Waals surface area (Å²) in [5.41, 5.74) is 2.70. The van der Waals surface area contributed by atoms with Crippen LogP contribution in [0, 0.1) is 6.92 Å². The Balaban J connectivity index is 1.79. The van der Waals surface area contributed by atoms with Crippen molar-refractivity contribution in [2.75, 3.05) is 0 Å². The van der Waals surface area contributed by atoms with Crippen molar-refractivity contribution in [3.8, 4) is 10.6 Å². The van der Waals surface area contributed by atoms with Gasteiger partial charge in [0.2, 0.25) is 0 Å². The molecular formula is C18H16BrN3OS. The molecule has 6 heteroatoms. The van der Waals surface area contributed by atoms with E-state index in [0.717, 1.165) is 26.3 Å². The highest BCUT2D eigenvalue weighted by atomic mass is 79.9. The summed E-state index contributed by atoms with van der Waals surface area (Å²) in [6, 6.07) is 11.6. The average Bonchev–Trinajstić information content (AvgIpc) is 2.97. The van der Waals surface area contributed by atoms with E-state index in [2.05, 4.69) is 31.2 Å². The number of aromatic nitrogens is 2. The van der Waals surface area contributed by atoms with Crippen molar-refractivity contribution >= 4 is 33.2 Å². The van der Waals surface area contributed by atoms with Crippen LogP contribution in [0.15, 0.2) is 53.3 Å². The standard InChI is InChI=1S/C18H16BrN3OS/c1-11(13-5-3-7-15(19)9-13)21-17(23)16-12(2)22-18(24-16)14-6-4-8-20-10-14/h3-11H,1-2H3,(H,21,23)/t11-/m0/s1. The van der Waals surface area contributed by atoms with E-state index in [9.17, 15) is 4.79 Å². The number of nitrogens with one attached hydrogen (secondary N) is 1. The lowest BCUT2D eigenvalue weighted by molar-refractivity contribution is 0.0943. The fourth-order valence-corrected chi connectivity index (χ4v) is 3.72. The Hall–Kier alpha value is -2.05. The van der Waals surface area contributed by atoms with Gasteiger partial charge in [0.25, 0.3) is 5.91 Å². The van der Waals surface area contributed by atoms with Crippen LogP contribution in [-0.4, -0.2) is 15.9 Å². The van der Waals surface area contributed by atoms with Crippen LogP contribution in [0.4, 0.5) is 0 Å². The number of benzene rings is 1. The molecule has 2 aromatic heterocycles. The van der Waals surface area contributed by atoms with Gasteiger partial charge in [-0.1, -0.05) is 28.1 Å². The van der Waals surface area contributed by atoms with Gasteiger partial charge in [0.05, 0.1) is 11.7 Å². The first-order chi connectivity index (χ1) is 11.5. The molecule has 122 valence electrons. The summed E-state index contributed by atoms with van der Waals surface area (Å²) in [6.45, 7) is 3.83. The third-order valence-electron chi connectivity index (χ3n) is 3.61. The van der Waals surface area contributed by atoms with Gasteiger partial charge in [-0.3, -0.25) is 9.78 Å². The van der Waals surface area contributed by atoms with E-state index < -0.39 is 0 Å². The number of hydrogen-bond acceptors (Lipinski definition) is 4. The Labute approximate surface area is 153 Å². The van der Waals surface area contributed by atoms with E-state index in [1.165, 1.54) is 11.3 Å². The zero-order valence-electron chi connectivity index (χ0n) is 13.3. The molecule has 0 aliphatic rings. The molecule has 3 rings (SSSR count). The molecule has 0 aliphatic heterocycles. The van der Waals surface area contributed by atoms with E-state index in [0.29, 0.717) is 4.88 Å². The highest BCUT2D eigenvalue weighted by molar-refractivity contribution is 9.10. The van der Waals surface area contributed by atoms with Crippen LogP contribution in [-0.2, 0) is 0 Å². The van der Waals surface area contributed by atoms with Gasteiger partial charge in [-0.05, 0) is 43.7 Å².